The van der Waals surface area contributed by atoms with Crippen LogP contribution in [0.2, 0.25) is 0 Å². The van der Waals surface area contributed by atoms with Gasteiger partial charge in [0, 0.05) is 52.5 Å². The van der Waals surface area contributed by atoms with Crippen LogP contribution in [0.15, 0.2) is 4.99 Å². The zero-order valence-electron chi connectivity index (χ0n) is 17.4. The number of nitrogens with one attached hydrogen (secondary N) is 2. The van der Waals surface area contributed by atoms with Gasteiger partial charge >= 0.3 is 0 Å². The summed E-state index contributed by atoms with van der Waals surface area (Å²) in [5.41, 5.74) is 0.259. The van der Waals surface area contributed by atoms with Gasteiger partial charge in [0.15, 0.2) is 5.96 Å². The van der Waals surface area contributed by atoms with Crippen molar-refractivity contribution in [3.8, 4) is 0 Å². The molecule has 0 aromatic carbocycles. The van der Waals surface area contributed by atoms with Crippen LogP contribution in [0.3, 0.4) is 0 Å². The Labute approximate surface area is 165 Å². The molecule has 1 saturated carbocycles. The molecule has 2 rings (SSSR count). The largest absolute Gasteiger partial charge is 0.382 e. The highest BCUT2D eigenvalue weighted by atomic mass is 16.5. The Bertz CT molecular complexity index is 408. The van der Waals surface area contributed by atoms with Crippen LogP contribution >= 0.6 is 0 Å². The molecule has 2 N–H and O–H groups in total. The van der Waals surface area contributed by atoms with Gasteiger partial charge in [-0.3, -0.25) is 9.89 Å². The molecule has 0 radical (unpaired) electrons. The van der Waals surface area contributed by atoms with E-state index in [9.17, 15) is 0 Å². The van der Waals surface area contributed by atoms with E-state index in [-0.39, 0.29) is 5.54 Å². The molecule has 158 valence electrons. The van der Waals surface area contributed by atoms with Crippen molar-refractivity contribution in [2.24, 2.45) is 4.99 Å². The Hall–Kier alpha value is -0.890. The summed E-state index contributed by atoms with van der Waals surface area (Å²) < 4.78 is 16.0. The number of morpholine rings is 1. The Morgan fingerprint density at radius 1 is 1.04 bits per heavy atom. The number of nitrogens with zero attached hydrogens (tertiary/aromatic N) is 2. The van der Waals surface area contributed by atoms with E-state index < -0.39 is 0 Å². The minimum atomic E-state index is 0.259. The van der Waals surface area contributed by atoms with E-state index in [0.29, 0.717) is 13.2 Å². The van der Waals surface area contributed by atoms with Crippen molar-refractivity contribution in [3.63, 3.8) is 0 Å². The Morgan fingerprint density at radius 2 is 1.81 bits per heavy atom. The van der Waals surface area contributed by atoms with E-state index in [1.54, 1.807) is 7.11 Å². The van der Waals surface area contributed by atoms with Gasteiger partial charge in [-0.1, -0.05) is 19.3 Å². The molecule has 1 aliphatic carbocycles. The van der Waals surface area contributed by atoms with Crippen LogP contribution in [0.1, 0.15) is 44.9 Å². The van der Waals surface area contributed by atoms with E-state index in [0.717, 1.165) is 64.8 Å². The quantitative estimate of drug-likeness (QED) is 0.321. The normalized spacial score (nSPS) is 21.2. The summed E-state index contributed by atoms with van der Waals surface area (Å²) in [5.74, 6) is 0.911. The summed E-state index contributed by atoms with van der Waals surface area (Å²) in [7, 11) is 3.55. The summed E-state index contributed by atoms with van der Waals surface area (Å²) >= 11 is 0. The van der Waals surface area contributed by atoms with E-state index in [4.69, 9.17) is 14.2 Å². The molecule has 0 bridgehead atoms. The molecule has 7 heteroatoms. The molecule has 2 aliphatic rings. The average molecular weight is 385 g/mol. The summed E-state index contributed by atoms with van der Waals surface area (Å²) in [6.07, 6.45) is 8.69. The van der Waals surface area contributed by atoms with E-state index >= 15 is 0 Å². The van der Waals surface area contributed by atoms with Gasteiger partial charge in [0.1, 0.15) is 0 Å². The molecule has 0 unspecified atom stereocenters. The standard InChI is InChI=1S/C20H40N4O3/c1-21-19(22-10-6-7-13-26-17-16-25-2)23-18-20(8-4-3-5-9-20)24-11-14-27-15-12-24/h3-18H2,1-2H3,(H2,21,22,23). The third kappa shape index (κ3) is 7.94. The van der Waals surface area contributed by atoms with Crippen LogP contribution in [0.4, 0.5) is 0 Å². The molecule has 1 heterocycles. The predicted octanol–water partition coefficient (Wildman–Crippen LogP) is 1.63. The average Bonchev–Trinajstić information content (AvgIpc) is 2.73. The van der Waals surface area contributed by atoms with Gasteiger partial charge in [-0.2, -0.15) is 0 Å². The van der Waals surface area contributed by atoms with Crippen molar-refractivity contribution in [1.29, 1.82) is 0 Å². The number of aliphatic imine (C=N–C) groups is 1. The van der Waals surface area contributed by atoms with Crippen molar-refractivity contribution in [3.05, 3.63) is 0 Å². The second kappa shape index (κ2) is 13.3. The van der Waals surface area contributed by atoms with Gasteiger partial charge in [-0.25, -0.2) is 0 Å². The van der Waals surface area contributed by atoms with Gasteiger partial charge in [-0.05, 0) is 25.7 Å². The Morgan fingerprint density at radius 3 is 2.52 bits per heavy atom. The fourth-order valence-corrected chi connectivity index (χ4v) is 4.10. The van der Waals surface area contributed by atoms with Gasteiger partial charge in [0.05, 0.1) is 26.4 Å². The number of guanidine groups is 1. The maximum absolute atomic E-state index is 5.57. The fourth-order valence-electron chi connectivity index (χ4n) is 4.10. The number of hydrogen-bond acceptors (Lipinski definition) is 5. The predicted molar refractivity (Wildman–Crippen MR) is 110 cm³/mol. The van der Waals surface area contributed by atoms with E-state index in [1.165, 1.54) is 32.1 Å². The van der Waals surface area contributed by atoms with Gasteiger partial charge in [0.25, 0.3) is 0 Å². The second-order valence-electron chi connectivity index (χ2n) is 7.55. The first-order valence-electron chi connectivity index (χ1n) is 10.6. The van der Waals surface area contributed by atoms with Crippen LogP contribution in [-0.2, 0) is 14.2 Å². The van der Waals surface area contributed by atoms with E-state index in [2.05, 4.69) is 20.5 Å². The lowest BCUT2D eigenvalue weighted by molar-refractivity contribution is -0.0352. The van der Waals surface area contributed by atoms with Gasteiger partial charge in [0.2, 0.25) is 0 Å². The van der Waals surface area contributed by atoms with Crippen LogP contribution < -0.4 is 10.6 Å². The first kappa shape index (κ1) is 22.4. The molecule has 7 nitrogen and oxygen atoms in total. The first-order chi connectivity index (χ1) is 13.3. The summed E-state index contributed by atoms with van der Waals surface area (Å²) in [4.78, 5) is 7.07. The molecule has 0 atom stereocenters. The molecular weight excluding hydrogens is 344 g/mol. The van der Waals surface area contributed by atoms with Crippen LogP contribution in [0.25, 0.3) is 0 Å². The fraction of sp³-hybridized carbons (Fsp3) is 0.950. The highest BCUT2D eigenvalue weighted by molar-refractivity contribution is 5.79. The maximum Gasteiger partial charge on any atom is 0.191 e. The first-order valence-corrected chi connectivity index (χ1v) is 10.6. The highest BCUT2D eigenvalue weighted by Gasteiger charge is 2.38. The van der Waals surface area contributed by atoms with Crippen LogP contribution in [0.5, 0.6) is 0 Å². The minimum Gasteiger partial charge on any atom is -0.382 e. The number of unbranched alkanes of at least 4 members (excludes halogenated alkanes) is 1. The number of rotatable bonds is 11. The molecule has 1 aliphatic heterocycles. The molecule has 0 amide bonds. The zero-order valence-corrected chi connectivity index (χ0v) is 17.4. The third-order valence-corrected chi connectivity index (χ3v) is 5.71. The Kier molecular flexibility index (Phi) is 11.0. The van der Waals surface area contributed by atoms with Crippen molar-refractivity contribution in [1.82, 2.24) is 15.5 Å². The topological polar surface area (TPSA) is 67.4 Å². The van der Waals surface area contributed by atoms with Crippen molar-refractivity contribution in [2.75, 3.05) is 73.4 Å². The summed E-state index contributed by atoms with van der Waals surface area (Å²) in [6, 6.07) is 0. The van der Waals surface area contributed by atoms with E-state index in [1.807, 2.05) is 7.05 Å². The van der Waals surface area contributed by atoms with Gasteiger partial charge < -0.3 is 24.8 Å². The lowest BCUT2D eigenvalue weighted by Gasteiger charge is -2.48. The van der Waals surface area contributed by atoms with Crippen molar-refractivity contribution < 1.29 is 14.2 Å². The SMILES string of the molecule is CN=C(NCCCCOCCOC)NCC1(N2CCOCC2)CCCCC1. The lowest BCUT2D eigenvalue weighted by atomic mass is 9.80. The maximum atomic E-state index is 5.57. The van der Waals surface area contributed by atoms with Crippen molar-refractivity contribution >= 4 is 5.96 Å². The third-order valence-electron chi connectivity index (χ3n) is 5.71. The van der Waals surface area contributed by atoms with Gasteiger partial charge in [-0.15, -0.1) is 0 Å². The molecular formula is C20H40N4O3. The monoisotopic (exact) mass is 384 g/mol. The zero-order chi connectivity index (χ0) is 19.2. The Balaban J connectivity index is 1.69. The minimum absolute atomic E-state index is 0.259. The molecule has 0 aromatic heterocycles. The smallest absolute Gasteiger partial charge is 0.191 e. The van der Waals surface area contributed by atoms with Crippen LogP contribution in [-0.4, -0.2) is 89.8 Å². The number of methoxy groups -OCH3 is 1. The lowest BCUT2D eigenvalue weighted by Crippen LogP contribution is -2.60. The van der Waals surface area contributed by atoms with Crippen LogP contribution in [0, 0.1) is 0 Å². The molecule has 0 aromatic rings. The number of hydrogen-bond donors (Lipinski definition) is 2. The highest BCUT2D eigenvalue weighted by Crippen LogP contribution is 2.33. The molecule has 1 saturated heterocycles. The number of ether oxygens (including phenoxy) is 3. The van der Waals surface area contributed by atoms with Crippen molar-refractivity contribution in [2.45, 2.75) is 50.5 Å². The summed E-state index contributed by atoms with van der Waals surface area (Å²) in [6.45, 7) is 7.84. The summed E-state index contributed by atoms with van der Waals surface area (Å²) in [5, 5.41) is 7.05. The molecule has 0 spiro atoms. The molecule has 2 fully saturated rings. The molecule has 27 heavy (non-hydrogen) atoms. The second-order valence-corrected chi connectivity index (χ2v) is 7.55.